The van der Waals surface area contributed by atoms with Gasteiger partial charge in [0, 0.05) is 36.1 Å². The lowest BCUT2D eigenvalue weighted by atomic mass is 9.95. The third-order valence-electron chi connectivity index (χ3n) is 8.55. The molecule has 1 heterocycles. The highest BCUT2D eigenvalue weighted by Gasteiger charge is 2.32. The number of phenolic OH excluding ortho intramolecular Hbond substituents is 1. The first-order valence-corrected chi connectivity index (χ1v) is 15.3. The van der Waals surface area contributed by atoms with Crippen molar-refractivity contribution in [2.24, 2.45) is 11.5 Å². The summed E-state index contributed by atoms with van der Waals surface area (Å²) in [5.41, 5.74) is 16.5. The average Bonchev–Trinajstić information content (AvgIpc) is 3.46. The standard InChI is InChI=1S/C36H42N6O5/c1-20-15-26(43)16-21(2)28(20)18-29(37)36(47)42(5)23(4)34(45)40-31(17-25-19-39-30-14-10-9-13-27(25)30)35(46)41-32(22(3)33(38)44)24-11-7-6-8-12-24/h6-16,19,23,29,31-32,39,43H,3,17-18,37H2,1-2,4-5H3,(H2,38,44)(H,40,45)(H,41,46)/t23-,29?,31+,32?/m1/s1. The average molecular weight is 639 g/mol. The van der Waals surface area contributed by atoms with Crippen molar-refractivity contribution in [3.63, 3.8) is 0 Å². The fourth-order valence-electron chi connectivity index (χ4n) is 5.65. The van der Waals surface area contributed by atoms with Crippen molar-refractivity contribution in [3.05, 3.63) is 113 Å². The van der Waals surface area contributed by atoms with Gasteiger partial charge in [-0.25, -0.2) is 0 Å². The molecular weight excluding hydrogens is 596 g/mol. The monoisotopic (exact) mass is 638 g/mol. The molecule has 4 atom stereocenters. The lowest BCUT2D eigenvalue weighted by Gasteiger charge is -2.29. The predicted octanol–water partition coefficient (Wildman–Crippen LogP) is 2.83. The highest BCUT2D eigenvalue weighted by atomic mass is 16.3. The molecule has 4 amide bonds. The number of para-hydroxylation sites is 1. The SMILES string of the molecule is C=C(C(N)=O)C(NC(=O)[C@H](Cc1c[nH]c2ccccc12)NC(=O)[C@@H](C)N(C)C(=O)C(N)Cc1c(C)cc(O)cc1C)c1ccccc1. The van der Waals surface area contributed by atoms with E-state index in [0.29, 0.717) is 5.56 Å². The van der Waals surface area contributed by atoms with Gasteiger partial charge in [-0.1, -0.05) is 55.1 Å². The second-order valence-electron chi connectivity index (χ2n) is 11.9. The van der Waals surface area contributed by atoms with Gasteiger partial charge < -0.3 is 37.1 Å². The van der Waals surface area contributed by atoms with Crippen LogP contribution in [-0.4, -0.2) is 63.8 Å². The number of hydrogen-bond acceptors (Lipinski definition) is 6. The van der Waals surface area contributed by atoms with Crippen LogP contribution in [0.15, 0.2) is 85.1 Å². The van der Waals surface area contributed by atoms with Gasteiger partial charge in [-0.15, -0.1) is 0 Å². The van der Waals surface area contributed by atoms with E-state index in [1.807, 2.05) is 38.1 Å². The van der Waals surface area contributed by atoms with Crippen molar-refractivity contribution < 1.29 is 24.3 Å². The Morgan fingerprint density at radius 3 is 2.19 bits per heavy atom. The van der Waals surface area contributed by atoms with E-state index >= 15 is 0 Å². The summed E-state index contributed by atoms with van der Waals surface area (Å²) in [7, 11) is 1.49. The van der Waals surface area contributed by atoms with Crippen LogP contribution in [0, 0.1) is 13.8 Å². The van der Waals surface area contributed by atoms with Gasteiger partial charge in [0.1, 0.15) is 17.8 Å². The van der Waals surface area contributed by atoms with Gasteiger partial charge in [-0.05, 0) is 73.2 Å². The summed E-state index contributed by atoms with van der Waals surface area (Å²) in [5, 5.41) is 16.4. The summed E-state index contributed by atoms with van der Waals surface area (Å²) in [6.45, 7) is 9.02. The molecule has 0 aliphatic heterocycles. The second-order valence-corrected chi connectivity index (χ2v) is 11.9. The number of amides is 4. The van der Waals surface area contributed by atoms with Crippen LogP contribution in [-0.2, 0) is 32.0 Å². The van der Waals surface area contributed by atoms with Crippen molar-refractivity contribution in [2.45, 2.75) is 57.8 Å². The first-order valence-electron chi connectivity index (χ1n) is 15.3. The molecule has 8 N–H and O–H groups in total. The van der Waals surface area contributed by atoms with E-state index in [4.69, 9.17) is 11.5 Å². The fraction of sp³-hybridized carbons (Fsp3) is 0.278. The summed E-state index contributed by atoms with van der Waals surface area (Å²) < 4.78 is 0. The van der Waals surface area contributed by atoms with Gasteiger partial charge in [-0.3, -0.25) is 19.2 Å². The molecular formula is C36H42N6O5. The molecule has 3 aromatic carbocycles. The minimum absolute atomic E-state index is 0.0199. The molecule has 2 unspecified atom stereocenters. The summed E-state index contributed by atoms with van der Waals surface area (Å²) >= 11 is 0. The maximum absolute atomic E-state index is 13.9. The Bertz CT molecular complexity index is 1780. The maximum atomic E-state index is 13.9. The lowest BCUT2D eigenvalue weighted by Crippen LogP contribution is -2.56. The van der Waals surface area contributed by atoms with E-state index in [2.05, 4.69) is 22.2 Å². The third kappa shape index (κ3) is 8.06. The van der Waals surface area contributed by atoms with Crippen LogP contribution in [0.25, 0.3) is 10.9 Å². The number of primary amides is 1. The Morgan fingerprint density at radius 1 is 0.936 bits per heavy atom. The highest BCUT2D eigenvalue weighted by Crippen LogP contribution is 2.24. The zero-order valence-electron chi connectivity index (χ0n) is 27.0. The van der Waals surface area contributed by atoms with Crippen LogP contribution in [0.5, 0.6) is 5.75 Å². The Balaban J connectivity index is 1.56. The summed E-state index contributed by atoms with van der Waals surface area (Å²) in [5.74, 6) is -2.25. The number of rotatable bonds is 13. The highest BCUT2D eigenvalue weighted by molar-refractivity contribution is 5.96. The molecule has 0 radical (unpaired) electrons. The first kappa shape index (κ1) is 34.5. The van der Waals surface area contributed by atoms with Crippen LogP contribution in [0.1, 0.15) is 40.8 Å². The number of benzene rings is 3. The molecule has 0 bridgehead atoms. The Labute approximate surface area is 274 Å². The zero-order valence-corrected chi connectivity index (χ0v) is 27.0. The molecule has 0 saturated carbocycles. The smallest absolute Gasteiger partial charge is 0.246 e. The van der Waals surface area contributed by atoms with E-state index in [-0.39, 0.29) is 24.2 Å². The number of likely N-dealkylation sites (N-methyl/N-ethyl adjacent to an activating group) is 1. The van der Waals surface area contributed by atoms with Crippen LogP contribution < -0.4 is 22.1 Å². The number of nitrogens with two attached hydrogens (primary N) is 2. The second kappa shape index (κ2) is 14.8. The van der Waals surface area contributed by atoms with Crippen molar-refractivity contribution in [1.82, 2.24) is 20.5 Å². The van der Waals surface area contributed by atoms with Gasteiger partial charge in [0.2, 0.25) is 23.6 Å². The summed E-state index contributed by atoms with van der Waals surface area (Å²) in [6.07, 6.45) is 2.10. The van der Waals surface area contributed by atoms with Crippen LogP contribution in [0.4, 0.5) is 0 Å². The normalized spacial score (nSPS) is 13.6. The molecule has 0 fully saturated rings. The van der Waals surface area contributed by atoms with Crippen LogP contribution in [0.2, 0.25) is 0 Å². The molecule has 0 spiro atoms. The number of carbonyl (C=O) groups is 4. The van der Waals surface area contributed by atoms with Gasteiger partial charge in [-0.2, -0.15) is 0 Å². The number of carbonyl (C=O) groups excluding carboxylic acids is 4. The molecule has 11 nitrogen and oxygen atoms in total. The lowest BCUT2D eigenvalue weighted by molar-refractivity contribution is -0.140. The van der Waals surface area contributed by atoms with Crippen molar-refractivity contribution >= 4 is 34.5 Å². The minimum atomic E-state index is -1.10. The number of phenols is 1. The molecule has 4 rings (SSSR count). The Hall–Kier alpha value is -5.42. The molecule has 1 aromatic heterocycles. The molecule has 0 aliphatic rings. The fourth-order valence-corrected chi connectivity index (χ4v) is 5.65. The number of fused-ring (bicyclic) bond motifs is 1. The zero-order chi connectivity index (χ0) is 34.4. The van der Waals surface area contributed by atoms with E-state index in [0.717, 1.165) is 33.2 Å². The molecule has 4 aromatic rings. The molecule has 11 heteroatoms. The molecule has 0 aliphatic carbocycles. The van der Waals surface area contributed by atoms with E-state index < -0.39 is 47.8 Å². The number of H-pyrrole nitrogens is 1. The Kier molecular flexibility index (Phi) is 10.8. The predicted molar refractivity (Wildman–Crippen MR) is 181 cm³/mol. The van der Waals surface area contributed by atoms with E-state index in [9.17, 15) is 24.3 Å². The number of aryl methyl sites for hydroxylation is 2. The number of hydrogen-bond donors (Lipinski definition) is 6. The quantitative estimate of drug-likeness (QED) is 0.122. The summed E-state index contributed by atoms with van der Waals surface area (Å²) in [6, 6.07) is 15.6. The third-order valence-corrected chi connectivity index (χ3v) is 8.55. The number of nitrogens with zero attached hydrogens (tertiary/aromatic N) is 1. The van der Waals surface area contributed by atoms with E-state index in [1.165, 1.54) is 11.9 Å². The number of aromatic nitrogens is 1. The topological polar surface area (TPSA) is 184 Å². The van der Waals surface area contributed by atoms with Gasteiger partial charge >= 0.3 is 0 Å². The van der Waals surface area contributed by atoms with Gasteiger partial charge in [0.05, 0.1) is 12.1 Å². The molecule has 47 heavy (non-hydrogen) atoms. The van der Waals surface area contributed by atoms with Crippen molar-refractivity contribution in [1.29, 1.82) is 0 Å². The first-order chi connectivity index (χ1) is 22.3. The van der Waals surface area contributed by atoms with E-state index in [1.54, 1.807) is 55.6 Å². The largest absolute Gasteiger partial charge is 0.508 e. The number of aromatic amines is 1. The van der Waals surface area contributed by atoms with Crippen LogP contribution in [0.3, 0.4) is 0 Å². The minimum Gasteiger partial charge on any atom is -0.508 e. The van der Waals surface area contributed by atoms with Crippen molar-refractivity contribution in [2.75, 3.05) is 7.05 Å². The molecule has 246 valence electrons. The van der Waals surface area contributed by atoms with Crippen LogP contribution >= 0.6 is 0 Å². The summed E-state index contributed by atoms with van der Waals surface area (Å²) in [4.78, 5) is 57.6. The number of nitrogens with one attached hydrogen (secondary N) is 3. The number of aromatic hydroxyl groups is 1. The Morgan fingerprint density at radius 2 is 1.55 bits per heavy atom. The van der Waals surface area contributed by atoms with Crippen molar-refractivity contribution in [3.8, 4) is 5.75 Å². The maximum Gasteiger partial charge on any atom is 0.246 e. The van der Waals surface area contributed by atoms with Gasteiger partial charge in [0.15, 0.2) is 0 Å². The van der Waals surface area contributed by atoms with Gasteiger partial charge in [0.25, 0.3) is 0 Å². The molecule has 0 saturated heterocycles.